The summed E-state index contributed by atoms with van der Waals surface area (Å²) in [6.45, 7) is 1.60. The van der Waals surface area contributed by atoms with E-state index >= 15 is 0 Å². The van der Waals surface area contributed by atoms with Gasteiger partial charge in [0.2, 0.25) is 5.82 Å². The molecule has 0 aliphatic carbocycles. The molecule has 28 heavy (non-hydrogen) atoms. The second-order valence-electron chi connectivity index (χ2n) is 6.41. The van der Waals surface area contributed by atoms with Gasteiger partial charge in [-0.1, -0.05) is 11.2 Å². The zero-order valence-corrected chi connectivity index (χ0v) is 15.8. The van der Waals surface area contributed by atoms with Gasteiger partial charge in [0, 0.05) is 19.3 Å². The second-order valence-corrected chi connectivity index (χ2v) is 6.41. The van der Waals surface area contributed by atoms with Crippen molar-refractivity contribution in [2.24, 2.45) is 0 Å². The second kappa shape index (κ2) is 8.26. The highest BCUT2D eigenvalue weighted by Crippen LogP contribution is 2.37. The van der Waals surface area contributed by atoms with Crippen LogP contribution < -0.4 is 14.8 Å². The summed E-state index contributed by atoms with van der Waals surface area (Å²) in [5.41, 5.74) is 1.43. The lowest BCUT2D eigenvalue weighted by atomic mass is 10.1. The highest BCUT2D eigenvalue weighted by Gasteiger charge is 2.18. The molecule has 1 aromatic carbocycles. The number of pyridine rings is 1. The molecule has 0 unspecified atom stereocenters. The van der Waals surface area contributed by atoms with E-state index < -0.39 is 0 Å². The molecule has 2 aromatic heterocycles. The van der Waals surface area contributed by atoms with Gasteiger partial charge in [0.1, 0.15) is 5.82 Å². The van der Waals surface area contributed by atoms with Crippen LogP contribution in [0.4, 0.5) is 5.82 Å². The maximum atomic E-state index is 5.61. The molecular weight excluding hydrogens is 360 g/mol. The van der Waals surface area contributed by atoms with Gasteiger partial charge < -0.3 is 24.1 Å². The number of rotatable bonds is 7. The SMILES string of the molecule is COc1cccc(-c2noc(-c3ccc(NC[C@@H]4CCCO4)nc3)n2)c1OC. The molecule has 1 aliphatic heterocycles. The molecule has 146 valence electrons. The molecule has 1 N–H and O–H groups in total. The van der Waals surface area contributed by atoms with Gasteiger partial charge in [-0.3, -0.25) is 0 Å². The zero-order chi connectivity index (χ0) is 19.3. The average Bonchev–Trinajstić information content (AvgIpc) is 3.44. The van der Waals surface area contributed by atoms with Gasteiger partial charge in [-0.15, -0.1) is 0 Å². The molecule has 1 atom stereocenters. The Morgan fingerprint density at radius 2 is 2.11 bits per heavy atom. The minimum Gasteiger partial charge on any atom is -0.493 e. The Morgan fingerprint density at radius 1 is 1.18 bits per heavy atom. The third-order valence-electron chi connectivity index (χ3n) is 4.62. The fourth-order valence-corrected chi connectivity index (χ4v) is 3.16. The Morgan fingerprint density at radius 3 is 2.82 bits per heavy atom. The lowest BCUT2D eigenvalue weighted by Gasteiger charge is -2.11. The number of methoxy groups -OCH3 is 2. The molecular formula is C20H22N4O4. The summed E-state index contributed by atoms with van der Waals surface area (Å²) < 4.78 is 21.8. The van der Waals surface area contributed by atoms with E-state index in [4.69, 9.17) is 18.7 Å². The molecule has 0 radical (unpaired) electrons. The largest absolute Gasteiger partial charge is 0.493 e. The maximum absolute atomic E-state index is 5.61. The molecule has 0 spiro atoms. The summed E-state index contributed by atoms with van der Waals surface area (Å²) in [4.78, 5) is 8.90. The first kappa shape index (κ1) is 18.2. The number of nitrogens with zero attached hydrogens (tertiary/aromatic N) is 3. The summed E-state index contributed by atoms with van der Waals surface area (Å²) in [6.07, 6.45) is 4.18. The third kappa shape index (κ3) is 3.77. The van der Waals surface area contributed by atoms with Crippen LogP contribution >= 0.6 is 0 Å². The van der Waals surface area contributed by atoms with Crippen LogP contribution in [-0.4, -0.2) is 48.6 Å². The van der Waals surface area contributed by atoms with Gasteiger partial charge in [0.25, 0.3) is 5.89 Å². The number of benzene rings is 1. The summed E-state index contributed by atoms with van der Waals surface area (Å²) >= 11 is 0. The maximum Gasteiger partial charge on any atom is 0.259 e. The van der Waals surface area contributed by atoms with E-state index in [0.717, 1.165) is 37.4 Å². The summed E-state index contributed by atoms with van der Waals surface area (Å²) in [7, 11) is 3.16. The Balaban J connectivity index is 1.50. The van der Waals surface area contributed by atoms with Gasteiger partial charge in [-0.05, 0) is 37.1 Å². The molecule has 3 heterocycles. The molecule has 3 aromatic rings. The van der Waals surface area contributed by atoms with Crippen molar-refractivity contribution in [3.63, 3.8) is 0 Å². The summed E-state index contributed by atoms with van der Waals surface area (Å²) in [6, 6.07) is 9.30. The minimum absolute atomic E-state index is 0.262. The van der Waals surface area contributed by atoms with E-state index in [2.05, 4.69) is 20.4 Å². The molecule has 1 aliphatic rings. The lowest BCUT2D eigenvalue weighted by Crippen LogP contribution is -2.18. The van der Waals surface area contributed by atoms with Crippen molar-refractivity contribution in [1.82, 2.24) is 15.1 Å². The number of hydrogen-bond donors (Lipinski definition) is 1. The smallest absolute Gasteiger partial charge is 0.259 e. The van der Waals surface area contributed by atoms with E-state index in [1.807, 2.05) is 30.3 Å². The Hall–Kier alpha value is -3.13. The Bertz CT molecular complexity index is 920. The van der Waals surface area contributed by atoms with Crippen molar-refractivity contribution >= 4 is 5.82 Å². The van der Waals surface area contributed by atoms with E-state index in [0.29, 0.717) is 28.8 Å². The van der Waals surface area contributed by atoms with E-state index in [1.165, 1.54) is 0 Å². The number of hydrogen-bond acceptors (Lipinski definition) is 8. The predicted molar refractivity (Wildman–Crippen MR) is 104 cm³/mol. The van der Waals surface area contributed by atoms with Crippen molar-refractivity contribution in [2.75, 3.05) is 32.7 Å². The van der Waals surface area contributed by atoms with E-state index in [9.17, 15) is 0 Å². The van der Waals surface area contributed by atoms with Gasteiger partial charge >= 0.3 is 0 Å². The molecule has 0 saturated carbocycles. The Labute approximate surface area is 162 Å². The van der Waals surface area contributed by atoms with Crippen LogP contribution in [0, 0.1) is 0 Å². The summed E-state index contributed by atoms with van der Waals surface area (Å²) in [5, 5.41) is 7.37. The monoisotopic (exact) mass is 382 g/mol. The molecule has 8 heteroatoms. The third-order valence-corrected chi connectivity index (χ3v) is 4.62. The molecule has 1 saturated heterocycles. The topological polar surface area (TPSA) is 91.5 Å². The first-order valence-electron chi connectivity index (χ1n) is 9.15. The van der Waals surface area contributed by atoms with E-state index in [-0.39, 0.29) is 6.10 Å². The first-order chi connectivity index (χ1) is 13.8. The Kier molecular flexibility index (Phi) is 5.38. The quantitative estimate of drug-likeness (QED) is 0.665. The van der Waals surface area contributed by atoms with Crippen LogP contribution in [-0.2, 0) is 4.74 Å². The fraction of sp³-hybridized carbons (Fsp3) is 0.350. The predicted octanol–water partition coefficient (Wildman–Crippen LogP) is 3.41. The highest BCUT2D eigenvalue weighted by molar-refractivity contribution is 5.69. The van der Waals surface area contributed by atoms with Crippen LogP contribution in [0.1, 0.15) is 12.8 Å². The van der Waals surface area contributed by atoms with Crippen molar-refractivity contribution in [2.45, 2.75) is 18.9 Å². The number of para-hydroxylation sites is 1. The lowest BCUT2D eigenvalue weighted by molar-refractivity contribution is 0.120. The fourth-order valence-electron chi connectivity index (χ4n) is 3.16. The normalized spacial score (nSPS) is 16.1. The first-order valence-corrected chi connectivity index (χ1v) is 9.15. The van der Waals surface area contributed by atoms with Crippen LogP contribution in [0.5, 0.6) is 11.5 Å². The molecule has 1 fully saturated rings. The molecule has 0 bridgehead atoms. The summed E-state index contributed by atoms with van der Waals surface area (Å²) in [5.74, 6) is 2.76. The van der Waals surface area contributed by atoms with Gasteiger partial charge in [-0.25, -0.2) is 4.98 Å². The number of anilines is 1. The van der Waals surface area contributed by atoms with E-state index in [1.54, 1.807) is 20.4 Å². The standard InChI is InChI=1S/C20H22N4O4/c1-25-16-7-3-6-15(18(16)26-2)19-23-20(28-24-19)13-8-9-17(21-11-13)22-12-14-5-4-10-27-14/h3,6-9,11,14H,4-5,10,12H2,1-2H3,(H,21,22)/t14-/m0/s1. The zero-order valence-electron chi connectivity index (χ0n) is 15.8. The molecule has 8 nitrogen and oxygen atoms in total. The van der Waals surface area contributed by atoms with Crippen molar-refractivity contribution in [3.8, 4) is 34.3 Å². The van der Waals surface area contributed by atoms with Crippen molar-refractivity contribution in [1.29, 1.82) is 0 Å². The van der Waals surface area contributed by atoms with Crippen LogP contribution in [0.15, 0.2) is 41.1 Å². The van der Waals surface area contributed by atoms with Crippen LogP contribution in [0.2, 0.25) is 0 Å². The van der Waals surface area contributed by atoms with Crippen molar-refractivity contribution in [3.05, 3.63) is 36.5 Å². The number of ether oxygens (including phenoxy) is 3. The molecule has 0 amide bonds. The minimum atomic E-state index is 0.262. The number of aromatic nitrogens is 3. The van der Waals surface area contributed by atoms with Crippen LogP contribution in [0.25, 0.3) is 22.8 Å². The van der Waals surface area contributed by atoms with Gasteiger partial charge in [0.15, 0.2) is 11.5 Å². The van der Waals surface area contributed by atoms with Crippen molar-refractivity contribution < 1.29 is 18.7 Å². The average molecular weight is 382 g/mol. The highest BCUT2D eigenvalue weighted by atomic mass is 16.5. The number of nitrogens with one attached hydrogen (secondary N) is 1. The van der Waals surface area contributed by atoms with Gasteiger partial charge in [0.05, 0.1) is 31.5 Å². The molecule has 4 rings (SSSR count). The van der Waals surface area contributed by atoms with Gasteiger partial charge in [-0.2, -0.15) is 4.98 Å². The van der Waals surface area contributed by atoms with Crippen LogP contribution in [0.3, 0.4) is 0 Å².